The van der Waals surface area contributed by atoms with Crippen LogP contribution in [0.1, 0.15) is 24.8 Å². The number of hydrogen-bond donors (Lipinski definition) is 2. The number of carbonyl (C=O) groups is 1. The fourth-order valence-corrected chi connectivity index (χ4v) is 2.23. The molecule has 2 atom stereocenters. The van der Waals surface area contributed by atoms with Gasteiger partial charge in [0.1, 0.15) is 5.78 Å². The van der Waals surface area contributed by atoms with Crippen molar-refractivity contribution in [3.8, 4) is 0 Å². The largest absolute Gasteiger partial charge is 0.398 e. The van der Waals surface area contributed by atoms with Crippen LogP contribution in [0.25, 0.3) is 0 Å². The van der Waals surface area contributed by atoms with E-state index in [9.17, 15) is 4.79 Å². The Bertz CT molecular complexity index is 392. The number of hydrogen-bond acceptors (Lipinski definition) is 4. The van der Waals surface area contributed by atoms with E-state index in [2.05, 4.69) is 4.98 Å². The Hall–Kier alpha value is -1.42. The monoisotopic (exact) mass is 219 g/mol. The number of Topliss-reactive ketones (excluding diaryl/α,β-unsaturated/α-hetero) is 1. The van der Waals surface area contributed by atoms with Crippen molar-refractivity contribution in [1.82, 2.24) is 4.98 Å². The first kappa shape index (κ1) is 11.1. The number of anilines is 1. The normalized spacial score (nSPS) is 24.6. The van der Waals surface area contributed by atoms with Crippen molar-refractivity contribution in [2.75, 3.05) is 5.73 Å². The summed E-state index contributed by atoms with van der Waals surface area (Å²) in [5.74, 6) is 0.363. The summed E-state index contributed by atoms with van der Waals surface area (Å²) in [6.45, 7) is 0. The van der Waals surface area contributed by atoms with Crippen LogP contribution in [0.15, 0.2) is 18.5 Å². The smallest absolute Gasteiger partial charge is 0.140 e. The maximum Gasteiger partial charge on any atom is 0.140 e. The standard InChI is InChI=1S/C12H17N3O/c13-10-2-1-8(5-10)12(16)6-9-7-15-4-3-11(9)14/h3-4,7-8,10H,1-2,5-6,13H2,(H2,14,15). The second kappa shape index (κ2) is 4.61. The minimum atomic E-state index is 0.120. The van der Waals surface area contributed by atoms with Gasteiger partial charge in [0.15, 0.2) is 0 Å². The fraction of sp³-hybridized carbons (Fsp3) is 0.500. The summed E-state index contributed by atoms with van der Waals surface area (Å²) in [4.78, 5) is 16.0. The molecule has 1 aromatic heterocycles. The van der Waals surface area contributed by atoms with Crippen molar-refractivity contribution in [2.24, 2.45) is 11.7 Å². The van der Waals surface area contributed by atoms with Gasteiger partial charge in [0.05, 0.1) is 0 Å². The third kappa shape index (κ3) is 2.39. The predicted octanol–water partition coefficient (Wildman–Crippen LogP) is 0.903. The Kier molecular flexibility index (Phi) is 3.19. The highest BCUT2D eigenvalue weighted by molar-refractivity contribution is 5.84. The quantitative estimate of drug-likeness (QED) is 0.791. The molecule has 0 aliphatic heterocycles. The minimum Gasteiger partial charge on any atom is -0.398 e. The van der Waals surface area contributed by atoms with Gasteiger partial charge in [-0.05, 0) is 25.3 Å². The van der Waals surface area contributed by atoms with E-state index in [0.29, 0.717) is 12.1 Å². The molecule has 0 saturated heterocycles. The summed E-state index contributed by atoms with van der Waals surface area (Å²) in [7, 11) is 0. The lowest BCUT2D eigenvalue weighted by Crippen LogP contribution is -2.19. The van der Waals surface area contributed by atoms with E-state index in [4.69, 9.17) is 11.5 Å². The topological polar surface area (TPSA) is 82.0 Å². The number of carbonyl (C=O) groups excluding carboxylic acids is 1. The summed E-state index contributed by atoms with van der Waals surface area (Å²) >= 11 is 0. The van der Waals surface area contributed by atoms with Crippen LogP contribution >= 0.6 is 0 Å². The second-order valence-corrected chi connectivity index (χ2v) is 4.49. The summed E-state index contributed by atoms with van der Waals surface area (Å²) in [6, 6.07) is 1.92. The Morgan fingerprint density at radius 3 is 2.94 bits per heavy atom. The first-order chi connectivity index (χ1) is 7.66. The summed E-state index contributed by atoms with van der Waals surface area (Å²) in [5, 5.41) is 0. The highest BCUT2D eigenvalue weighted by Crippen LogP contribution is 2.26. The van der Waals surface area contributed by atoms with Gasteiger partial charge >= 0.3 is 0 Å². The Balaban J connectivity index is 2.00. The number of nitrogens with two attached hydrogens (primary N) is 2. The van der Waals surface area contributed by atoms with E-state index in [0.717, 1.165) is 24.8 Å². The molecule has 0 bridgehead atoms. The maximum absolute atomic E-state index is 12.0. The van der Waals surface area contributed by atoms with Crippen LogP contribution in [0, 0.1) is 5.92 Å². The van der Waals surface area contributed by atoms with Crippen molar-refractivity contribution in [2.45, 2.75) is 31.7 Å². The van der Waals surface area contributed by atoms with Crippen molar-refractivity contribution >= 4 is 11.5 Å². The summed E-state index contributed by atoms with van der Waals surface area (Å²) < 4.78 is 0. The van der Waals surface area contributed by atoms with Crippen LogP contribution in [0.4, 0.5) is 5.69 Å². The van der Waals surface area contributed by atoms with Gasteiger partial charge in [-0.3, -0.25) is 9.78 Å². The van der Waals surface area contributed by atoms with Crippen molar-refractivity contribution in [3.05, 3.63) is 24.0 Å². The molecule has 1 fully saturated rings. The van der Waals surface area contributed by atoms with E-state index >= 15 is 0 Å². The lowest BCUT2D eigenvalue weighted by Gasteiger charge is -2.09. The zero-order valence-electron chi connectivity index (χ0n) is 9.23. The fourth-order valence-electron chi connectivity index (χ4n) is 2.23. The van der Waals surface area contributed by atoms with Crippen molar-refractivity contribution in [3.63, 3.8) is 0 Å². The van der Waals surface area contributed by atoms with Gasteiger partial charge in [0.25, 0.3) is 0 Å². The van der Waals surface area contributed by atoms with Crippen molar-refractivity contribution in [1.29, 1.82) is 0 Å². The van der Waals surface area contributed by atoms with Crippen LogP contribution in [-0.4, -0.2) is 16.8 Å². The molecule has 4 heteroatoms. The molecule has 0 spiro atoms. The van der Waals surface area contributed by atoms with E-state index in [1.807, 2.05) is 0 Å². The molecule has 0 aromatic carbocycles. The van der Waals surface area contributed by atoms with Gasteiger partial charge in [0, 0.05) is 42.0 Å². The molecular weight excluding hydrogens is 202 g/mol. The van der Waals surface area contributed by atoms with Crippen molar-refractivity contribution < 1.29 is 4.79 Å². The first-order valence-electron chi connectivity index (χ1n) is 5.63. The lowest BCUT2D eigenvalue weighted by molar-refractivity contribution is -0.122. The molecule has 4 N–H and O–H groups in total. The maximum atomic E-state index is 12.0. The number of pyridine rings is 1. The van der Waals surface area contributed by atoms with Gasteiger partial charge in [-0.15, -0.1) is 0 Å². The third-order valence-electron chi connectivity index (χ3n) is 3.23. The Morgan fingerprint density at radius 1 is 1.50 bits per heavy atom. The van der Waals surface area contributed by atoms with Crippen LogP contribution in [0.5, 0.6) is 0 Å². The predicted molar refractivity (Wildman–Crippen MR) is 62.7 cm³/mol. The Labute approximate surface area is 95.0 Å². The number of aromatic nitrogens is 1. The molecule has 16 heavy (non-hydrogen) atoms. The number of nitrogens with zero attached hydrogens (tertiary/aromatic N) is 1. The summed E-state index contributed by atoms with van der Waals surface area (Å²) in [6.07, 6.45) is 6.38. The van der Waals surface area contributed by atoms with Gasteiger partial charge in [0.2, 0.25) is 0 Å². The third-order valence-corrected chi connectivity index (χ3v) is 3.23. The van der Waals surface area contributed by atoms with E-state index in [-0.39, 0.29) is 17.7 Å². The molecular formula is C12H17N3O. The van der Waals surface area contributed by atoms with E-state index < -0.39 is 0 Å². The molecule has 1 aliphatic carbocycles. The summed E-state index contributed by atoms with van der Waals surface area (Å²) in [5.41, 5.74) is 13.0. The first-order valence-corrected chi connectivity index (χ1v) is 5.63. The molecule has 2 unspecified atom stereocenters. The van der Waals surface area contributed by atoms with Gasteiger partial charge in [-0.1, -0.05) is 0 Å². The molecule has 2 rings (SSSR count). The van der Waals surface area contributed by atoms with Gasteiger partial charge in [-0.2, -0.15) is 0 Å². The number of ketones is 1. The van der Waals surface area contributed by atoms with E-state index in [1.165, 1.54) is 0 Å². The van der Waals surface area contributed by atoms with Gasteiger partial charge in [-0.25, -0.2) is 0 Å². The zero-order valence-corrected chi connectivity index (χ0v) is 9.23. The average Bonchev–Trinajstić information content (AvgIpc) is 2.68. The second-order valence-electron chi connectivity index (χ2n) is 4.49. The number of nitrogen functional groups attached to an aromatic ring is 1. The average molecular weight is 219 g/mol. The molecule has 0 amide bonds. The zero-order chi connectivity index (χ0) is 11.5. The molecule has 1 aromatic rings. The Morgan fingerprint density at radius 2 is 2.31 bits per heavy atom. The molecule has 1 heterocycles. The molecule has 1 aliphatic rings. The molecule has 0 radical (unpaired) electrons. The van der Waals surface area contributed by atoms with Crippen LogP contribution in [-0.2, 0) is 11.2 Å². The highest BCUT2D eigenvalue weighted by Gasteiger charge is 2.27. The molecule has 4 nitrogen and oxygen atoms in total. The van der Waals surface area contributed by atoms with Crippen LogP contribution < -0.4 is 11.5 Å². The van der Waals surface area contributed by atoms with Gasteiger partial charge < -0.3 is 11.5 Å². The lowest BCUT2D eigenvalue weighted by atomic mass is 9.96. The molecule has 86 valence electrons. The van der Waals surface area contributed by atoms with E-state index in [1.54, 1.807) is 18.5 Å². The molecule has 1 saturated carbocycles. The minimum absolute atomic E-state index is 0.120. The highest BCUT2D eigenvalue weighted by atomic mass is 16.1. The number of rotatable bonds is 3. The van der Waals surface area contributed by atoms with Crippen LogP contribution in [0.2, 0.25) is 0 Å². The SMILES string of the molecule is Nc1ccncc1CC(=O)C1CCC(N)C1. The van der Waals surface area contributed by atoms with Crippen LogP contribution in [0.3, 0.4) is 0 Å².